The van der Waals surface area contributed by atoms with Gasteiger partial charge in [-0.15, -0.1) is 15.3 Å². The summed E-state index contributed by atoms with van der Waals surface area (Å²) in [7, 11) is 0. The number of aromatic nitrogens is 4. The molecule has 0 amide bonds. The first-order chi connectivity index (χ1) is 11.0. The lowest BCUT2D eigenvalue weighted by molar-refractivity contribution is -0.146. The van der Waals surface area contributed by atoms with Gasteiger partial charge in [-0.25, -0.2) is 0 Å². The molecule has 0 saturated heterocycles. The summed E-state index contributed by atoms with van der Waals surface area (Å²) in [6, 6.07) is 11.2. The third-order valence-electron chi connectivity index (χ3n) is 3.97. The van der Waals surface area contributed by atoms with Crippen molar-refractivity contribution in [2.75, 3.05) is 5.32 Å². The number of rotatable bonds is 2. The van der Waals surface area contributed by atoms with Gasteiger partial charge in [0.25, 0.3) is 5.82 Å². The van der Waals surface area contributed by atoms with Gasteiger partial charge in [0.1, 0.15) is 5.82 Å². The van der Waals surface area contributed by atoms with Crippen LogP contribution in [-0.2, 0) is 12.6 Å². The lowest BCUT2D eigenvalue weighted by Crippen LogP contribution is -2.14. The Hall–Kier alpha value is -2.64. The van der Waals surface area contributed by atoms with Gasteiger partial charge in [0.15, 0.2) is 5.65 Å². The van der Waals surface area contributed by atoms with Crippen molar-refractivity contribution in [2.45, 2.75) is 25.1 Å². The van der Waals surface area contributed by atoms with Gasteiger partial charge in [-0.3, -0.25) is 0 Å². The molecule has 0 aliphatic heterocycles. The third kappa shape index (κ3) is 2.39. The van der Waals surface area contributed by atoms with Crippen molar-refractivity contribution < 1.29 is 13.2 Å². The number of benzene rings is 1. The van der Waals surface area contributed by atoms with Crippen LogP contribution >= 0.6 is 0 Å². The van der Waals surface area contributed by atoms with Gasteiger partial charge >= 0.3 is 6.18 Å². The zero-order valence-electron chi connectivity index (χ0n) is 11.9. The van der Waals surface area contributed by atoms with Gasteiger partial charge in [-0.1, -0.05) is 24.3 Å². The SMILES string of the molecule is FC(F)(F)c1nnc2ccc(N[C@@H]3CCc4ccccc43)nn12. The topological polar surface area (TPSA) is 55.1 Å². The summed E-state index contributed by atoms with van der Waals surface area (Å²) in [4.78, 5) is 0. The second-order valence-corrected chi connectivity index (χ2v) is 5.44. The van der Waals surface area contributed by atoms with E-state index in [-0.39, 0.29) is 11.7 Å². The molecule has 1 aliphatic rings. The largest absolute Gasteiger partial charge is 0.453 e. The molecule has 0 radical (unpaired) electrons. The quantitative estimate of drug-likeness (QED) is 0.788. The monoisotopic (exact) mass is 319 g/mol. The maximum Gasteiger partial charge on any atom is 0.453 e. The molecule has 0 spiro atoms. The van der Waals surface area contributed by atoms with Crippen LogP contribution in [0.3, 0.4) is 0 Å². The fourth-order valence-electron chi connectivity index (χ4n) is 2.93. The summed E-state index contributed by atoms with van der Waals surface area (Å²) in [5, 5.41) is 13.9. The van der Waals surface area contributed by atoms with Crippen molar-refractivity contribution in [1.82, 2.24) is 19.8 Å². The number of nitrogens with zero attached hydrogens (tertiary/aromatic N) is 4. The van der Waals surface area contributed by atoms with Crippen LogP contribution in [0, 0.1) is 0 Å². The molecular formula is C15H12F3N5. The Balaban J connectivity index is 1.68. The minimum absolute atomic E-state index is 0.0435. The first-order valence-electron chi connectivity index (χ1n) is 7.16. The third-order valence-corrected chi connectivity index (χ3v) is 3.97. The summed E-state index contributed by atoms with van der Waals surface area (Å²) in [6.07, 6.45) is -2.77. The number of hydrogen-bond donors (Lipinski definition) is 1. The van der Waals surface area contributed by atoms with E-state index in [1.54, 1.807) is 6.07 Å². The molecule has 5 nitrogen and oxygen atoms in total. The molecule has 1 aliphatic carbocycles. The van der Waals surface area contributed by atoms with Crippen molar-refractivity contribution in [2.24, 2.45) is 0 Å². The highest BCUT2D eigenvalue weighted by atomic mass is 19.4. The van der Waals surface area contributed by atoms with Crippen molar-refractivity contribution in [3.8, 4) is 0 Å². The molecule has 8 heteroatoms. The van der Waals surface area contributed by atoms with Crippen LogP contribution in [0.25, 0.3) is 5.65 Å². The Kier molecular flexibility index (Phi) is 3.00. The van der Waals surface area contributed by atoms with Crippen molar-refractivity contribution in [3.05, 3.63) is 53.3 Å². The number of nitrogens with one attached hydrogen (secondary N) is 1. The zero-order valence-corrected chi connectivity index (χ0v) is 11.9. The molecule has 2 aromatic heterocycles. The number of anilines is 1. The molecule has 1 N–H and O–H groups in total. The van der Waals surface area contributed by atoms with Crippen LogP contribution in [0.1, 0.15) is 29.4 Å². The second kappa shape index (κ2) is 4.94. The Labute approximate surface area is 129 Å². The van der Waals surface area contributed by atoms with Crippen LogP contribution in [0.4, 0.5) is 19.0 Å². The number of halogens is 3. The predicted molar refractivity (Wildman–Crippen MR) is 76.9 cm³/mol. The molecule has 118 valence electrons. The number of hydrogen-bond acceptors (Lipinski definition) is 4. The van der Waals surface area contributed by atoms with Crippen LogP contribution in [0.5, 0.6) is 0 Å². The van der Waals surface area contributed by atoms with Crippen LogP contribution in [-0.4, -0.2) is 19.8 Å². The molecule has 0 fully saturated rings. The second-order valence-electron chi connectivity index (χ2n) is 5.44. The fourth-order valence-corrected chi connectivity index (χ4v) is 2.93. The van der Waals surface area contributed by atoms with E-state index >= 15 is 0 Å². The van der Waals surface area contributed by atoms with Gasteiger partial charge in [0.2, 0.25) is 0 Å². The Morgan fingerprint density at radius 3 is 2.74 bits per heavy atom. The molecule has 4 rings (SSSR count). The van der Waals surface area contributed by atoms with E-state index < -0.39 is 12.0 Å². The van der Waals surface area contributed by atoms with Crippen molar-refractivity contribution in [3.63, 3.8) is 0 Å². The standard InChI is InChI=1S/C15H12F3N5/c16-15(17,18)14-21-20-13-8-7-12(22-23(13)14)19-11-6-5-9-3-1-2-4-10(9)11/h1-4,7-8,11H,5-6H2,(H,19,22)/t11-/m1/s1. The van der Waals surface area contributed by atoms with E-state index in [2.05, 4.69) is 26.7 Å². The number of aryl methyl sites for hydroxylation is 1. The fraction of sp³-hybridized carbons (Fsp3) is 0.267. The van der Waals surface area contributed by atoms with Crippen LogP contribution in [0.2, 0.25) is 0 Å². The van der Waals surface area contributed by atoms with Gasteiger partial charge in [-0.2, -0.15) is 17.7 Å². The number of alkyl halides is 3. The van der Waals surface area contributed by atoms with E-state index in [1.165, 1.54) is 11.6 Å². The Morgan fingerprint density at radius 1 is 1.09 bits per heavy atom. The molecule has 0 unspecified atom stereocenters. The lowest BCUT2D eigenvalue weighted by atomic mass is 10.1. The normalized spacial score (nSPS) is 17.4. The molecule has 0 bridgehead atoms. The summed E-state index contributed by atoms with van der Waals surface area (Å²) in [6.45, 7) is 0. The first-order valence-corrected chi connectivity index (χ1v) is 7.16. The van der Waals surface area contributed by atoms with Gasteiger partial charge in [-0.05, 0) is 36.1 Å². The molecule has 23 heavy (non-hydrogen) atoms. The van der Waals surface area contributed by atoms with Crippen LogP contribution in [0.15, 0.2) is 36.4 Å². The summed E-state index contributed by atoms with van der Waals surface area (Å²) < 4.78 is 39.4. The average Bonchev–Trinajstić information content (AvgIpc) is 3.11. The van der Waals surface area contributed by atoms with E-state index in [4.69, 9.17) is 0 Å². The van der Waals surface area contributed by atoms with E-state index in [1.807, 2.05) is 18.2 Å². The molecule has 2 heterocycles. The lowest BCUT2D eigenvalue weighted by Gasteiger charge is -2.15. The zero-order chi connectivity index (χ0) is 16.0. The average molecular weight is 319 g/mol. The van der Waals surface area contributed by atoms with Gasteiger partial charge < -0.3 is 5.32 Å². The van der Waals surface area contributed by atoms with Gasteiger partial charge in [0, 0.05) is 0 Å². The van der Waals surface area contributed by atoms with E-state index in [9.17, 15) is 13.2 Å². The maximum absolute atomic E-state index is 12.9. The summed E-state index contributed by atoms with van der Waals surface area (Å²) in [5.41, 5.74) is 2.48. The molecule has 0 saturated carbocycles. The summed E-state index contributed by atoms with van der Waals surface area (Å²) in [5.74, 6) is -0.757. The highest BCUT2D eigenvalue weighted by molar-refractivity contribution is 5.47. The first kappa shape index (κ1) is 14.0. The predicted octanol–water partition coefficient (Wildman–Crippen LogP) is 3.24. The molecule has 1 atom stereocenters. The molecular weight excluding hydrogens is 307 g/mol. The minimum Gasteiger partial charge on any atom is -0.362 e. The van der Waals surface area contributed by atoms with E-state index in [0.29, 0.717) is 5.82 Å². The van der Waals surface area contributed by atoms with Gasteiger partial charge in [0.05, 0.1) is 6.04 Å². The van der Waals surface area contributed by atoms with Crippen LogP contribution < -0.4 is 5.32 Å². The molecule has 1 aromatic carbocycles. The Morgan fingerprint density at radius 2 is 1.91 bits per heavy atom. The number of fused-ring (bicyclic) bond motifs is 2. The molecule has 3 aromatic rings. The van der Waals surface area contributed by atoms with E-state index in [0.717, 1.165) is 22.9 Å². The minimum atomic E-state index is -4.59. The summed E-state index contributed by atoms with van der Waals surface area (Å²) >= 11 is 0. The van der Waals surface area contributed by atoms with Crippen molar-refractivity contribution >= 4 is 11.5 Å². The highest BCUT2D eigenvalue weighted by Gasteiger charge is 2.37. The maximum atomic E-state index is 12.9. The highest BCUT2D eigenvalue weighted by Crippen LogP contribution is 2.33. The Bertz CT molecular complexity index is 871. The smallest absolute Gasteiger partial charge is 0.362 e. The van der Waals surface area contributed by atoms with Crippen molar-refractivity contribution in [1.29, 1.82) is 0 Å².